The van der Waals surface area contributed by atoms with Gasteiger partial charge in [-0.15, -0.1) is 0 Å². The van der Waals surface area contributed by atoms with Crippen LogP contribution >= 0.6 is 0 Å². The zero-order valence-electron chi connectivity index (χ0n) is 13.7. The molecular weight excluding hydrogens is 262 g/mol. The van der Waals surface area contributed by atoms with Crippen molar-refractivity contribution in [3.05, 3.63) is 0 Å². The van der Waals surface area contributed by atoms with Crippen LogP contribution < -0.4 is 0 Å². The molecule has 0 aromatic rings. The maximum absolute atomic E-state index is 11.8. The van der Waals surface area contributed by atoms with Crippen LogP contribution in [-0.2, 0) is 4.79 Å². The molecule has 3 rings (SSSR count). The summed E-state index contributed by atoms with van der Waals surface area (Å²) in [5.41, 5.74) is 0.455. The van der Waals surface area contributed by atoms with Gasteiger partial charge in [0.05, 0.1) is 0 Å². The minimum Gasteiger partial charge on any atom is -0.480 e. The van der Waals surface area contributed by atoms with Gasteiger partial charge in [0.1, 0.15) is 6.04 Å². The summed E-state index contributed by atoms with van der Waals surface area (Å²) in [5.74, 6) is 0.188. The fraction of sp³-hybridized carbons (Fsp3) is 0.944. The van der Waals surface area contributed by atoms with E-state index in [-0.39, 0.29) is 6.04 Å². The third-order valence-corrected chi connectivity index (χ3v) is 6.44. The molecule has 3 nitrogen and oxygen atoms in total. The lowest BCUT2D eigenvalue weighted by Gasteiger charge is -2.52. The summed E-state index contributed by atoms with van der Waals surface area (Å²) in [5, 5.41) is 9.69. The highest BCUT2D eigenvalue weighted by molar-refractivity contribution is 5.73. The molecule has 2 aliphatic carbocycles. The van der Waals surface area contributed by atoms with Gasteiger partial charge in [-0.1, -0.05) is 26.7 Å². The highest BCUT2D eigenvalue weighted by Gasteiger charge is 2.45. The van der Waals surface area contributed by atoms with Crippen LogP contribution in [0.3, 0.4) is 0 Å². The lowest BCUT2D eigenvalue weighted by molar-refractivity contribution is -0.151. The van der Waals surface area contributed by atoms with Crippen molar-refractivity contribution in [3.63, 3.8) is 0 Å². The molecule has 3 heteroatoms. The normalized spacial score (nSPS) is 37.9. The molecule has 0 bridgehead atoms. The summed E-state index contributed by atoms with van der Waals surface area (Å²) in [6, 6.07) is 0.861. The van der Waals surface area contributed by atoms with E-state index in [0.29, 0.717) is 17.5 Å². The average Bonchev–Trinajstić information content (AvgIpc) is 2.46. The van der Waals surface area contributed by atoms with Crippen molar-refractivity contribution in [2.75, 3.05) is 0 Å². The topological polar surface area (TPSA) is 40.5 Å². The van der Waals surface area contributed by atoms with Crippen LogP contribution in [0.4, 0.5) is 0 Å². The number of likely N-dealkylation sites (tertiary alicyclic amines) is 1. The lowest BCUT2D eigenvalue weighted by atomic mass is 9.71. The van der Waals surface area contributed by atoms with E-state index in [0.717, 1.165) is 18.8 Å². The maximum atomic E-state index is 11.8. The number of carbonyl (C=O) groups is 1. The first-order valence-electron chi connectivity index (χ1n) is 8.98. The molecule has 1 saturated heterocycles. The van der Waals surface area contributed by atoms with E-state index < -0.39 is 5.97 Å². The molecule has 3 aliphatic rings. The van der Waals surface area contributed by atoms with Crippen molar-refractivity contribution in [2.45, 2.75) is 96.2 Å². The summed E-state index contributed by atoms with van der Waals surface area (Å²) in [4.78, 5) is 14.2. The van der Waals surface area contributed by atoms with Crippen LogP contribution in [0.1, 0.15) is 78.1 Å². The Kier molecular flexibility index (Phi) is 4.31. The monoisotopic (exact) mass is 293 g/mol. The molecule has 21 heavy (non-hydrogen) atoms. The maximum Gasteiger partial charge on any atom is 0.320 e. The molecule has 1 heterocycles. The van der Waals surface area contributed by atoms with Crippen LogP contribution in [0.5, 0.6) is 0 Å². The fourth-order valence-corrected chi connectivity index (χ4v) is 5.13. The number of rotatable bonds is 2. The molecule has 3 unspecified atom stereocenters. The highest BCUT2D eigenvalue weighted by Crippen LogP contribution is 2.44. The highest BCUT2D eigenvalue weighted by atomic mass is 16.4. The average molecular weight is 293 g/mol. The summed E-state index contributed by atoms with van der Waals surface area (Å²) < 4.78 is 0. The first-order valence-corrected chi connectivity index (χ1v) is 8.98. The molecule has 3 fully saturated rings. The van der Waals surface area contributed by atoms with Crippen LogP contribution in [0.2, 0.25) is 0 Å². The van der Waals surface area contributed by atoms with Gasteiger partial charge in [0.2, 0.25) is 0 Å². The van der Waals surface area contributed by atoms with E-state index in [4.69, 9.17) is 0 Å². The Morgan fingerprint density at radius 2 is 1.67 bits per heavy atom. The van der Waals surface area contributed by atoms with E-state index >= 15 is 0 Å². The number of aliphatic carboxylic acids is 1. The van der Waals surface area contributed by atoms with Crippen molar-refractivity contribution in [3.8, 4) is 0 Å². The second kappa shape index (κ2) is 5.91. The van der Waals surface area contributed by atoms with Gasteiger partial charge in [0.25, 0.3) is 0 Å². The zero-order chi connectivity index (χ0) is 15.0. The van der Waals surface area contributed by atoms with E-state index in [1.165, 1.54) is 51.4 Å². The standard InChI is InChI=1S/C18H31NO2/c1-18(2)11-9-14(10-12-18)19-15-6-4-3-5-13(15)7-8-16(19)17(20)21/h13-16H,3-12H2,1-2H3,(H,20,21). The Hall–Kier alpha value is -0.570. The number of carboxylic acid groups (broad SMARTS) is 1. The Morgan fingerprint density at radius 1 is 1.00 bits per heavy atom. The molecule has 0 aromatic heterocycles. The second-order valence-corrected chi connectivity index (χ2v) is 8.39. The Labute approximate surface area is 129 Å². The summed E-state index contributed by atoms with van der Waals surface area (Å²) in [6.07, 6.45) is 12.1. The predicted molar refractivity (Wildman–Crippen MR) is 84.3 cm³/mol. The van der Waals surface area contributed by atoms with E-state index in [1.54, 1.807) is 0 Å². The van der Waals surface area contributed by atoms with Gasteiger partial charge in [0.15, 0.2) is 0 Å². The lowest BCUT2D eigenvalue weighted by Crippen LogP contribution is -2.59. The van der Waals surface area contributed by atoms with Gasteiger partial charge in [-0.25, -0.2) is 0 Å². The van der Waals surface area contributed by atoms with Crippen LogP contribution in [0.25, 0.3) is 0 Å². The first kappa shape index (κ1) is 15.3. The van der Waals surface area contributed by atoms with Gasteiger partial charge in [0, 0.05) is 12.1 Å². The van der Waals surface area contributed by atoms with Crippen molar-refractivity contribution in [1.29, 1.82) is 0 Å². The molecule has 120 valence electrons. The molecular formula is C18H31NO2. The molecule has 1 N–H and O–H groups in total. The van der Waals surface area contributed by atoms with Gasteiger partial charge < -0.3 is 5.11 Å². The van der Waals surface area contributed by atoms with E-state index in [2.05, 4.69) is 18.7 Å². The number of hydrogen-bond acceptors (Lipinski definition) is 2. The minimum absolute atomic E-state index is 0.212. The van der Waals surface area contributed by atoms with Gasteiger partial charge in [-0.3, -0.25) is 9.69 Å². The Balaban J connectivity index is 1.78. The quantitative estimate of drug-likeness (QED) is 0.834. The zero-order valence-corrected chi connectivity index (χ0v) is 13.7. The van der Waals surface area contributed by atoms with Crippen LogP contribution in [0.15, 0.2) is 0 Å². The first-order chi connectivity index (χ1) is 9.98. The number of piperidine rings is 1. The van der Waals surface area contributed by atoms with Crippen molar-refractivity contribution in [1.82, 2.24) is 4.90 Å². The summed E-state index contributed by atoms with van der Waals surface area (Å²) >= 11 is 0. The smallest absolute Gasteiger partial charge is 0.320 e. The second-order valence-electron chi connectivity index (χ2n) is 8.39. The van der Waals surface area contributed by atoms with Crippen molar-refractivity contribution in [2.24, 2.45) is 11.3 Å². The van der Waals surface area contributed by atoms with Crippen molar-refractivity contribution >= 4 is 5.97 Å². The molecule has 0 spiro atoms. The van der Waals surface area contributed by atoms with Gasteiger partial charge in [-0.2, -0.15) is 0 Å². The minimum atomic E-state index is -0.580. The fourth-order valence-electron chi connectivity index (χ4n) is 5.13. The summed E-state index contributed by atoms with van der Waals surface area (Å²) in [7, 11) is 0. The Bertz CT molecular complexity index is 383. The number of hydrogen-bond donors (Lipinski definition) is 1. The predicted octanol–water partition coefficient (Wildman–Crippen LogP) is 4.06. The number of carboxylic acids is 1. The van der Waals surface area contributed by atoms with Gasteiger partial charge >= 0.3 is 5.97 Å². The largest absolute Gasteiger partial charge is 0.480 e. The van der Waals surface area contributed by atoms with E-state index in [1.807, 2.05) is 0 Å². The molecule has 0 aromatic carbocycles. The number of fused-ring (bicyclic) bond motifs is 1. The molecule has 0 amide bonds. The van der Waals surface area contributed by atoms with Crippen molar-refractivity contribution < 1.29 is 9.90 Å². The van der Waals surface area contributed by atoms with Crippen LogP contribution in [-0.4, -0.2) is 34.1 Å². The summed E-state index contributed by atoms with van der Waals surface area (Å²) in [6.45, 7) is 4.72. The molecule has 1 aliphatic heterocycles. The SMILES string of the molecule is CC1(C)CCC(N2C(C(=O)O)CCC3CCCCC32)CC1. The Morgan fingerprint density at radius 3 is 2.33 bits per heavy atom. The van der Waals surface area contributed by atoms with Gasteiger partial charge in [-0.05, 0) is 62.7 Å². The third kappa shape index (κ3) is 3.13. The van der Waals surface area contributed by atoms with Crippen LogP contribution in [0, 0.1) is 11.3 Å². The molecule has 3 atom stereocenters. The van der Waals surface area contributed by atoms with E-state index in [9.17, 15) is 9.90 Å². The molecule has 2 saturated carbocycles. The third-order valence-electron chi connectivity index (χ3n) is 6.44. The number of nitrogens with zero attached hydrogens (tertiary/aromatic N) is 1. The molecule has 0 radical (unpaired) electrons.